The van der Waals surface area contributed by atoms with Crippen molar-refractivity contribution in [2.45, 2.75) is 24.8 Å². The summed E-state index contributed by atoms with van der Waals surface area (Å²) in [6, 6.07) is 0. The summed E-state index contributed by atoms with van der Waals surface area (Å²) in [5.74, 6) is -0.287. The molecule has 2 aliphatic rings. The smallest absolute Gasteiger partial charge is 0.302 e. The summed E-state index contributed by atoms with van der Waals surface area (Å²) in [6.07, 6.45) is 3.94. The molecular formula is C11H16N2O3S. The number of thioether (sulfide) groups is 1. The number of carbonyl (C=O) groups is 1. The van der Waals surface area contributed by atoms with Crippen LogP contribution in [0.1, 0.15) is 13.8 Å². The lowest BCUT2D eigenvalue weighted by molar-refractivity contribution is -0.143. The lowest BCUT2D eigenvalue weighted by atomic mass is 10.00. The average molecular weight is 256 g/mol. The summed E-state index contributed by atoms with van der Waals surface area (Å²) in [7, 11) is 0. The van der Waals surface area contributed by atoms with E-state index in [9.17, 15) is 4.79 Å². The molecule has 0 aromatic heterocycles. The molecule has 0 amide bonds. The molecule has 17 heavy (non-hydrogen) atoms. The highest BCUT2D eigenvalue weighted by Gasteiger charge is 2.47. The Bertz CT molecular complexity index is 370. The molecule has 2 heterocycles. The fourth-order valence-electron chi connectivity index (χ4n) is 1.79. The van der Waals surface area contributed by atoms with Crippen molar-refractivity contribution in [2.24, 2.45) is 4.99 Å². The van der Waals surface area contributed by atoms with Crippen molar-refractivity contribution < 1.29 is 14.3 Å². The van der Waals surface area contributed by atoms with Crippen LogP contribution in [0, 0.1) is 0 Å². The van der Waals surface area contributed by atoms with Crippen LogP contribution in [0.2, 0.25) is 0 Å². The van der Waals surface area contributed by atoms with Gasteiger partial charge in [0.2, 0.25) is 0 Å². The molecule has 0 spiro atoms. The van der Waals surface area contributed by atoms with Crippen LogP contribution in [0.3, 0.4) is 0 Å². The first kappa shape index (κ1) is 12.4. The van der Waals surface area contributed by atoms with Crippen LogP contribution < -0.4 is 5.32 Å². The average Bonchev–Trinajstić information content (AvgIpc) is 2.65. The maximum absolute atomic E-state index is 10.9. The van der Waals surface area contributed by atoms with Gasteiger partial charge in [-0.15, -0.1) is 0 Å². The minimum Gasteiger partial charge on any atom is -0.463 e. The number of hydrogen-bond donors (Lipinski definition) is 1. The fourth-order valence-corrected chi connectivity index (χ4v) is 3.01. The quantitative estimate of drug-likeness (QED) is 0.601. The predicted octanol–water partition coefficient (Wildman–Crippen LogP) is 0.913. The molecule has 2 unspecified atom stereocenters. The first-order chi connectivity index (χ1) is 8.16. The number of esters is 1. The van der Waals surface area contributed by atoms with Crippen molar-refractivity contribution in [3.05, 3.63) is 12.2 Å². The summed E-state index contributed by atoms with van der Waals surface area (Å²) >= 11 is 1.54. The standard InChI is InChI=1S/C11H16N2O3S/c1-3-12-10-13-11(7-16-8(2)14)5-4-6-15-9(11)17-10/h4-5,9H,3,6-7H2,1-2H3,(H,12,13). The van der Waals surface area contributed by atoms with E-state index in [0.717, 1.165) is 11.7 Å². The summed E-state index contributed by atoms with van der Waals surface area (Å²) in [5, 5.41) is 4.13. The van der Waals surface area contributed by atoms with E-state index in [4.69, 9.17) is 9.47 Å². The minimum absolute atomic E-state index is 0.0860. The van der Waals surface area contributed by atoms with E-state index in [1.165, 1.54) is 6.92 Å². The van der Waals surface area contributed by atoms with Crippen molar-refractivity contribution in [3.8, 4) is 0 Å². The lowest BCUT2D eigenvalue weighted by Gasteiger charge is -2.32. The summed E-state index contributed by atoms with van der Waals surface area (Å²) in [5.41, 5.74) is -0.556. The number of ether oxygens (including phenoxy) is 2. The van der Waals surface area contributed by atoms with Crippen LogP contribution in [0.4, 0.5) is 0 Å². The zero-order chi connectivity index (χ0) is 12.3. The normalized spacial score (nSPS) is 33.3. The first-order valence-corrected chi connectivity index (χ1v) is 6.46. The summed E-state index contributed by atoms with van der Waals surface area (Å²) < 4.78 is 10.8. The van der Waals surface area contributed by atoms with Gasteiger partial charge in [0, 0.05) is 13.5 Å². The van der Waals surface area contributed by atoms with E-state index in [0.29, 0.717) is 6.61 Å². The largest absolute Gasteiger partial charge is 0.463 e. The Morgan fingerprint density at radius 1 is 1.82 bits per heavy atom. The predicted molar refractivity (Wildman–Crippen MR) is 66.9 cm³/mol. The van der Waals surface area contributed by atoms with E-state index in [2.05, 4.69) is 10.3 Å². The van der Waals surface area contributed by atoms with Gasteiger partial charge in [0.25, 0.3) is 0 Å². The second kappa shape index (κ2) is 5.10. The maximum atomic E-state index is 10.9. The second-order valence-corrected chi connectivity index (χ2v) is 4.96. The zero-order valence-corrected chi connectivity index (χ0v) is 10.8. The molecule has 0 saturated carbocycles. The van der Waals surface area contributed by atoms with Gasteiger partial charge in [-0.2, -0.15) is 0 Å². The third kappa shape index (κ3) is 2.63. The Hall–Kier alpha value is -1.01. The number of carbonyl (C=O) groups excluding carboxylic acids is 1. The van der Waals surface area contributed by atoms with E-state index in [-0.39, 0.29) is 18.0 Å². The molecule has 94 valence electrons. The van der Waals surface area contributed by atoms with E-state index < -0.39 is 5.54 Å². The fraction of sp³-hybridized carbons (Fsp3) is 0.636. The van der Waals surface area contributed by atoms with Crippen LogP contribution >= 0.6 is 11.8 Å². The van der Waals surface area contributed by atoms with Crippen molar-refractivity contribution in [3.63, 3.8) is 0 Å². The molecule has 2 aliphatic heterocycles. The maximum Gasteiger partial charge on any atom is 0.302 e. The topological polar surface area (TPSA) is 59.9 Å². The highest BCUT2D eigenvalue weighted by atomic mass is 32.2. The van der Waals surface area contributed by atoms with Crippen LogP contribution in [-0.2, 0) is 14.3 Å². The highest BCUT2D eigenvalue weighted by Crippen LogP contribution is 2.36. The first-order valence-electron chi connectivity index (χ1n) is 5.58. The van der Waals surface area contributed by atoms with Crippen LogP contribution in [-0.4, -0.2) is 41.9 Å². The van der Waals surface area contributed by atoms with Gasteiger partial charge in [-0.05, 0) is 6.92 Å². The molecule has 2 atom stereocenters. The van der Waals surface area contributed by atoms with Gasteiger partial charge in [0.05, 0.1) is 6.61 Å². The summed E-state index contributed by atoms with van der Waals surface area (Å²) in [6.45, 7) is 4.95. The molecule has 0 aliphatic carbocycles. The molecule has 1 saturated heterocycles. The van der Waals surface area contributed by atoms with Crippen molar-refractivity contribution in [2.75, 3.05) is 19.8 Å². The van der Waals surface area contributed by atoms with Gasteiger partial charge in [0.15, 0.2) is 5.17 Å². The number of nitrogens with zero attached hydrogens (tertiary/aromatic N) is 1. The van der Waals surface area contributed by atoms with Gasteiger partial charge in [-0.3, -0.25) is 9.79 Å². The van der Waals surface area contributed by atoms with E-state index >= 15 is 0 Å². The van der Waals surface area contributed by atoms with Gasteiger partial charge < -0.3 is 14.8 Å². The third-order valence-corrected chi connectivity index (χ3v) is 3.78. The number of fused-ring (bicyclic) bond motifs is 1. The highest BCUT2D eigenvalue weighted by molar-refractivity contribution is 8.14. The van der Waals surface area contributed by atoms with E-state index in [1.54, 1.807) is 11.8 Å². The van der Waals surface area contributed by atoms with Crippen LogP contribution in [0.15, 0.2) is 17.1 Å². The molecule has 6 heteroatoms. The number of aliphatic imine (C=N–C) groups is 1. The molecule has 1 N–H and O–H groups in total. The Labute approximate surface area is 105 Å². The molecule has 0 aromatic carbocycles. The van der Waals surface area contributed by atoms with Crippen molar-refractivity contribution in [1.82, 2.24) is 5.32 Å². The van der Waals surface area contributed by atoms with Crippen molar-refractivity contribution in [1.29, 1.82) is 0 Å². The zero-order valence-electron chi connectivity index (χ0n) is 9.93. The van der Waals surface area contributed by atoms with Crippen molar-refractivity contribution >= 4 is 22.9 Å². The third-order valence-electron chi connectivity index (χ3n) is 2.55. The number of nitrogens with one attached hydrogen (secondary N) is 1. The van der Waals surface area contributed by atoms with Gasteiger partial charge >= 0.3 is 5.97 Å². The van der Waals surface area contributed by atoms with Crippen LogP contribution in [0.5, 0.6) is 0 Å². The Balaban J connectivity index is 2.14. The lowest BCUT2D eigenvalue weighted by Crippen LogP contribution is -2.53. The molecule has 1 fully saturated rings. The Morgan fingerprint density at radius 3 is 3.35 bits per heavy atom. The van der Waals surface area contributed by atoms with Crippen LogP contribution in [0.25, 0.3) is 0 Å². The minimum atomic E-state index is -0.470. The number of rotatable bonds is 3. The molecule has 0 radical (unpaired) electrons. The Morgan fingerprint density at radius 2 is 2.65 bits per heavy atom. The molecule has 0 aromatic rings. The van der Waals surface area contributed by atoms with E-state index in [1.807, 2.05) is 19.1 Å². The number of amidine groups is 1. The van der Waals surface area contributed by atoms with Gasteiger partial charge in [-0.1, -0.05) is 23.9 Å². The second-order valence-electron chi connectivity index (χ2n) is 3.91. The molecule has 5 nitrogen and oxygen atoms in total. The Kier molecular flexibility index (Phi) is 3.73. The SMILES string of the molecule is CCN=C1NC2(COC(C)=O)C=CCOC2S1. The molecule has 0 bridgehead atoms. The summed E-state index contributed by atoms with van der Waals surface area (Å²) in [4.78, 5) is 15.3. The van der Waals surface area contributed by atoms with Gasteiger partial charge in [0.1, 0.15) is 17.6 Å². The van der Waals surface area contributed by atoms with Gasteiger partial charge in [-0.25, -0.2) is 0 Å². The number of hydrogen-bond acceptors (Lipinski definition) is 5. The molecular weight excluding hydrogens is 240 g/mol. The monoisotopic (exact) mass is 256 g/mol. The molecule has 2 rings (SSSR count).